The molecule has 154 valence electrons. The van der Waals surface area contributed by atoms with E-state index in [0.29, 0.717) is 6.54 Å². The van der Waals surface area contributed by atoms with Crippen LogP contribution in [0.2, 0.25) is 0 Å². The Morgan fingerprint density at radius 2 is 1.90 bits per heavy atom. The predicted molar refractivity (Wildman–Crippen MR) is 117 cm³/mol. The van der Waals surface area contributed by atoms with Crippen molar-refractivity contribution in [1.82, 2.24) is 9.88 Å². The summed E-state index contributed by atoms with van der Waals surface area (Å²) in [4.78, 5) is 31.8. The molecule has 8 heteroatoms. The number of carbonyl (C=O) groups excluding carboxylic acids is 2. The van der Waals surface area contributed by atoms with E-state index >= 15 is 0 Å². The van der Waals surface area contributed by atoms with E-state index < -0.39 is 12.0 Å². The SMILES string of the molecule is CCOC(=O)C1=NN(c2ccccc2)C(C(=O)N(C)Cc2nc3ccccc3s2)C1. The number of hydrogen-bond donors (Lipinski definition) is 0. The topological polar surface area (TPSA) is 75.1 Å². The number of amides is 1. The van der Waals surface area contributed by atoms with Crippen molar-refractivity contribution < 1.29 is 14.3 Å². The van der Waals surface area contributed by atoms with Crippen LogP contribution in [-0.4, -0.2) is 47.2 Å². The van der Waals surface area contributed by atoms with Crippen molar-refractivity contribution in [2.45, 2.75) is 25.9 Å². The Kier molecular flexibility index (Phi) is 5.76. The Bertz CT molecular complexity index is 1060. The Hall–Kier alpha value is -3.26. The average Bonchev–Trinajstić information content (AvgIpc) is 3.38. The monoisotopic (exact) mass is 422 g/mol. The van der Waals surface area contributed by atoms with Crippen molar-refractivity contribution >= 4 is 44.8 Å². The average molecular weight is 423 g/mol. The Balaban J connectivity index is 1.55. The highest BCUT2D eigenvalue weighted by Gasteiger charge is 2.38. The lowest BCUT2D eigenvalue weighted by Gasteiger charge is -2.26. The van der Waals surface area contributed by atoms with Crippen LogP contribution in [0.5, 0.6) is 0 Å². The lowest BCUT2D eigenvalue weighted by Crippen LogP contribution is -2.43. The lowest BCUT2D eigenvalue weighted by atomic mass is 10.1. The molecule has 7 nitrogen and oxygen atoms in total. The van der Waals surface area contributed by atoms with Crippen molar-refractivity contribution in [2.75, 3.05) is 18.7 Å². The molecule has 30 heavy (non-hydrogen) atoms. The van der Waals surface area contributed by atoms with E-state index in [1.54, 1.807) is 35.2 Å². The number of likely N-dealkylation sites (N-methyl/N-ethyl adjacent to an activating group) is 1. The number of esters is 1. The summed E-state index contributed by atoms with van der Waals surface area (Å²) in [6.07, 6.45) is 0.205. The molecule has 2 aromatic carbocycles. The molecule has 4 rings (SSSR count). The van der Waals surface area contributed by atoms with Gasteiger partial charge in [-0.2, -0.15) is 5.10 Å². The molecule has 1 aromatic heterocycles. The van der Waals surface area contributed by atoms with Crippen molar-refractivity contribution in [3.8, 4) is 0 Å². The smallest absolute Gasteiger partial charge is 0.354 e. The number of hydrazone groups is 1. The highest BCUT2D eigenvalue weighted by atomic mass is 32.1. The maximum Gasteiger partial charge on any atom is 0.354 e. The van der Waals surface area contributed by atoms with Crippen LogP contribution < -0.4 is 5.01 Å². The zero-order valence-electron chi connectivity index (χ0n) is 16.8. The molecule has 0 bridgehead atoms. The quantitative estimate of drug-likeness (QED) is 0.569. The van der Waals surface area contributed by atoms with E-state index in [1.807, 2.05) is 54.6 Å². The third-order valence-corrected chi connectivity index (χ3v) is 5.84. The van der Waals surface area contributed by atoms with Gasteiger partial charge in [0, 0.05) is 13.5 Å². The molecule has 1 aliphatic rings. The number of thiazole rings is 1. The summed E-state index contributed by atoms with van der Waals surface area (Å²) >= 11 is 1.57. The number of carbonyl (C=O) groups is 2. The van der Waals surface area contributed by atoms with Crippen LogP contribution in [0.1, 0.15) is 18.4 Å². The molecular weight excluding hydrogens is 400 g/mol. The van der Waals surface area contributed by atoms with E-state index in [0.717, 1.165) is 20.9 Å². The van der Waals surface area contributed by atoms with Gasteiger partial charge in [-0.1, -0.05) is 30.3 Å². The minimum Gasteiger partial charge on any atom is -0.461 e. The number of rotatable bonds is 6. The fraction of sp³-hybridized carbons (Fsp3) is 0.273. The molecule has 1 atom stereocenters. The molecule has 0 saturated carbocycles. The number of benzene rings is 2. The first kappa shape index (κ1) is 20.0. The second kappa shape index (κ2) is 8.62. The van der Waals surface area contributed by atoms with E-state index in [2.05, 4.69) is 10.1 Å². The number of aromatic nitrogens is 1. The molecule has 0 radical (unpaired) electrons. The number of fused-ring (bicyclic) bond motifs is 1. The first-order chi connectivity index (χ1) is 14.6. The molecule has 3 aromatic rings. The second-order valence-corrected chi connectivity index (χ2v) is 8.05. The molecule has 0 N–H and O–H groups in total. The van der Waals surface area contributed by atoms with Crippen LogP contribution in [0.4, 0.5) is 5.69 Å². The lowest BCUT2D eigenvalue weighted by molar-refractivity contribution is -0.135. The van der Waals surface area contributed by atoms with Gasteiger partial charge in [0.2, 0.25) is 5.91 Å². The third-order valence-electron chi connectivity index (χ3n) is 4.81. The molecule has 1 unspecified atom stereocenters. The largest absolute Gasteiger partial charge is 0.461 e. The van der Waals surface area contributed by atoms with Gasteiger partial charge in [0.25, 0.3) is 0 Å². The van der Waals surface area contributed by atoms with Crippen LogP contribution in [0.3, 0.4) is 0 Å². The third kappa shape index (κ3) is 4.04. The highest BCUT2D eigenvalue weighted by Crippen LogP contribution is 2.27. The first-order valence-corrected chi connectivity index (χ1v) is 10.6. The summed E-state index contributed by atoms with van der Waals surface area (Å²) in [5.41, 5.74) is 1.94. The summed E-state index contributed by atoms with van der Waals surface area (Å²) in [7, 11) is 1.75. The van der Waals surface area contributed by atoms with Crippen LogP contribution in [-0.2, 0) is 20.9 Å². The van der Waals surface area contributed by atoms with Gasteiger partial charge in [0.15, 0.2) is 0 Å². The van der Waals surface area contributed by atoms with Gasteiger partial charge in [-0.3, -0.25) is 9.80 Å². The molecule has 0 spiro atoms. The fourth-order valence-corrected chi connectivity index (χ4v) is 4.40. The predicted octanol–water partition coefficient (Wildman–Crippen LogP) is 3.45. The van der Waals surface area contributed by atoms with Crippen molar-refractivity contribution in [1.29, 1.82) is 0 Å². The number of hydrogen-bond acceptors (Lipinski definition) is 7. The summed E-state index contributed by atoms with van der Waals surface area (Å²) in [5, 5.41) is 6.90. The molecule has 0 fully saturated rings. The Morgan fingerprint density at radius 1 is 1.17 bits per heavy atom. The normalized spacial score (nSPS) is 15.9. The van der Waals surface area contributed by atoms with Crippen molar-refractivity contribution in [3.63, 3.8) is 0 Å². The van der Waals surface area contributed by atoms with Crippen LogP contribution >= 0.6 is 11.3 Å². The van der Waals surface area contributed by atoms with Crippen molar-refractivity contribution in [2.24, 2.45) is 5.10 Å². The number of para-hydroxylation sites is 2. The fourth-order valence-electron chi connectivity index (χ4n) is 3.38. The van der Waals surface area contributed by atoms with Gasteiger partial charge in [0.1, 0.15) is 16.8 Å². The maximum atomic E-state index is 13.3. The summed E-state index contributed by atoms with van der Waals surface area (Å²) in [5.74, 6) is -0.608. The highest BCUT2D eigenvalue weighted by molar-refractivity contribution is 7.18. The van der Waals surface area contributed by atoms with Gasteiger partial charge >= 0.3 is 5.97 Å². The van der Waals surface area contributed by atoms with Crippen LogP contribution in [0.25, 0.3) is 10.2 Å². The number of ether oxygens (including phenoxy) is 1. The van der Waals surface area contributed by atoms with Gasteiger partial charge in [-0.05, 0) is 31.2 Å². The molecule has 2 heterocycles. The molecule has 0 aliphatic carbocycles. The van der Waals surface area contributed by atoms with Crippen LogP contribution in [0, 0.1) is 0 Å². The van der Waals surface area contributed by atoms with E-state index in [1.165, 1.54) is 0 Å². The Morgan fingerprint density at radius 3 is 2.63 bits per heavy atom. The van der Waals surface area contributed by atoms with E-state index in [9.17, 15) is 9.59 Å². The first-order valence-electron chi connectivity index (χ1n) is 9.75. The van der Waals surface area contributed by atoms with Crippen LogP contribution in [0.15, 0.2) is 59.7 Å². The molecule has 0 saturated heterocycles. The van der Waals surface area contributed by atoms with Gasteiger partial charge in [-0.15, -0.1) is 11.3 Å². The number of nitrogens with zero attached hydrogens (tertiary/aromatic N) is 4. The minimum atomic E-state index is -0.605. The van der Waals surface area contributed by atoms with Crippen molar-refractivity contribution in [3.05, 3.63) is 59.6 Å². The summed E-state index contributed by atoms with van der Waals surface area (Å²) < 4.78 is 6.19. The summed E-state index contributed by atoms with van der Waals surface area (Å²) in [6, 6.07) is 16.7. The Labute approximate surface area is 178 Å². The zero-order chi connectivity index (χ0) is 21.1. The maximum absolute atomic E-state index is 13.3. The molecule has 1 aliphatic heterocycles. The summed E-state index contributed by atoms with van der Waals surface area (Å²) in [6.45, 7) is 2.40. The van der Waals surface area contributed by atoms with Gasteiger partial charge in [-0.25, -0.2) is 9.78 Å². The molecule has 1 amide bonds. The standard InChI is InChI=1S/C22H22N4O3S/c1-3-29-22(28)17-13-18(26(24-17)15-9-5-4-6-10-15)21(27)25(2)14-20-23-16-11-7-8-12-19(16)30-20/h4-12,18H,3,13-14H2,1-2H3. The van der Waals surface area contributed by atoms with Gasteiger partial charge in [0.05, 0.1) is 29.1 Å². The van der Waals surface area contributed by atoms with E-state index in [4.69, 9.17) is 4.74 Å². The minimum absolute atomic E-state index is 0.124. The second-order valence-electron chi connectivity index (χ2n) is 6.94. The molecular formula is C22H22N4O3S. The zero-order valence-corrected chi connectivity index (χ0v) is 17.6. The van der Waals surface area contributed by atoms with E-state index in [-0.39, 0.29) is 24.6 Å². The van der Waals surface area contributed by atoms with Gasteiger partial charge < -0.3 is 9.64 Å². The number of anilines is 1.